The molecule has 1 aromatic rings. The second kappa shape index (κ2) is 7.95. The number of ether oxygens (including phenoxy) is 2. The van der Waals surface area contributed by atoms with Gasteiger partial charge in [0.15, 0.2) is 0 Å². The Morgan fingerprint density at radius 1 is 1.48 bits per heavy atom. The van der Waals surface area contributed by atoms with E-state index in [-0.39, 0.29) is 11.9 Å². The molecule has 1 aliphatic heterocycles. The highest BCUT2D eigenvalue weighted by molar-refractivity contribution is 5.94. The van der Waals surface area contributed by atoms with Gasteiger partial charge in [0, 0.05) is 37.9 Å². The summed E-state index contributed by atoms with van der Waals surface area (Å²) in [6.45, 7) is 8.68. The fraction of sp³-hybridized carbons (Fsp3) is 0.600. The summed E-state index contributed by atoms with van der Waals surface area (Å²) in [7, 11) is 0. The third-order valence-electron chi connectivity index (χ3n) is 3.30. The number of hydrogen-bond acceptors (Lipinski definition) is 5. The molecule has 2 heterocycles. The minimum atomic E-state index is -0.105. The van der Waals surface area contributed by atoms with Gasteiger partial charge >= 0.3 is 0 Å². The van der Waals surface area contributed by atoms with Crippen LogP contribution in [0.4, 0.5) is 0 Å². The molecule has 1 amide bonds. The van der Waals surface area contributed by atoms with Crippen LogP contribution in [-0.4, -0.2) is 61.3 Å². The van der Waals surface area contributed by atoms with Crippen LogP contribution in [0, 0.1) is 0 Å². The van der Waals surface area contributed by atoms with E-state index in [9.17, 15) is 4.79 Å². The van der Waals surface area contributed by atoms with Crippen molar-refractivity contribution < 1.29 is 14.3 Å². The summed E-state index contributed by atoms with van der Waals surface area (Å²) in [5.41, 5.74) is 0.548. The molecule has 2 rings (SSSR count). The first-order valence-corrected chi connectivity index (χ1v) is 7.39. The Hall–Kier alpha value is -1.66. The predicted octanol–water partition coefficient (Wildman–Crippen LogP) is 0.931. The lowest BCUT2D eigenvalue weighted by molar-refractivity contribution is 0.0342. The summed E-state index contributed by atoms with van der Waals surface area (Å²) in [4.78, 5) is 18.5. The van der Waals surface area contributed by atoms with E-state index in [0.717, 1.165) is 32.8 Å². The van der Waals surface area contributed by atoms with Crippen LogP contribution in [0.25, 0.3) is 0 Å². The molecule has 0 aromatic carbocycles. The van der Waals surface area contributed by atoms with Gasteiger partial charge in [0.25, 0.3) is 5.91 Å². The highest BCUT2D eigenvalue weighted by Crippen LogP contribution is 2.08. The SMILES string of the molecule is CCOc1ccc(C(=O)NC(C)CN2CCOCC2)cn1. The van der Waals surface area contributed by atoms with Crippen molar-refractivity contribution in [3.63, 3.8) is 0 Å². The van der Waals surface area contributed by atoms with Gasteiger partial charge in [-0.1, -0.05) is 0 Å². The van der Waals surface area contributed by atoms with Gasteiger partial charge in [-0.25, -0.2) is 4.98 Å². The Kier molecular flexibility index (Phi) is 5.95. The number of amides is 1. The Morgan fingerprint density at radius 3 is 2.86 bits per heavy atom. The largest absolute Gasteiger partial charge is 0.478 e. The number of carbonyl (C=O) groups excluding carboxylic acids is 1. The van der Waals surface area contributed by atoms with Crippen LogP contribution in [0.15, 0.2) is 18.3 Å². The molecular formula is C15H23N3O3. The van der Waals surface area contributed by atoms with Crippen LogP contribution in [0.2, 0.25) is 0 Å². The number of pyridine rings is 1. The van der Waals surface area contributed by atoms with Gasteiger partial charge in [-0.05, 0) is 19.9 Å². The number of morpholine rings is 1. The molecule has 0 bridgehead atoms. The van der Waals surface area contributed by atoms with Crippen LogP contribution in [-0.2, 0) is 4.74 Å². The summed E-state index contributed by atoms with van der Waals surface area (Å²) in [6.07, 6.45) is 1.54. The zero-order valence-electron chi connectivity index (χ0n) is 12.7. The van der Waals surface area contributed by atoms with Gasteiger partial charge < -0.3 is 14.8 Å². The van der Waals surface area contributed by atoms with E-state index >= 15 is 0 Å². The van der Waals surface area contributed by atoms with Crippen molar-refractivity contribution in [2.75, 3.05) is 39.5 Å². The fourth-order valence-corrected chi connectivity index (χ4v) is 2.27. The Morgan fingerprint density at radius 2 is 2.24 bits per heavy atom. The topological polar surface area (TPSA) is 63.7 Å². The van der Waals surface area contributed by atoms with Crippen molar-refractivity contribution >= 4 is 5.91 Å². The van der Waals surface area contributed by atoms with E-state index in [4.69, 9.17) is 9.47 Å². The summed E-state index contributed by atoms with van der Waals surface area (Å²) in [6, 6.07) is 3.53. The summed E-state index contributed by atoms with van der Waals surface area (Å²) < 4.78 is 10.6. The molecule has 1 unspecified atom stereocenters. The zero-order valence-corrected chi connectivity index (χ0v) is 12.7. The van der Waals surface area contributed by atoms with E-state index in [0.29, 0.717) is 18.1 Å². The molecule has 0 spiro atoms. The molecule has 1 aromatic heterocycles. The lowest BCUT2D eigenvalue weighted by Crippen LogP contribution is -2.46. The fourth-order valence-electron chi connectivity index (χ4n) is 2.27. The minimum Gasteiger partial charge on any atom is -0.478 e. The third kappa shape index (κ3) is 4.99. The monoisotopic (exact) mass is 293 g/mol. The van der Waals surface area contributed by atoms with Crippen LogP contribution < -0.4 is 10.1 Å². The van der Waals surface area contributed by atoms with Crippen molar-refractivity contribution in [1.82, 2.24) is 15.2 Å². The van der Waals surface area contributed by atoms with Gasteiger partial charge in [0.1, 0.15) is 0 Å². The Bertz CT molecular complexity index is 444. The van der Waals surface area contributed by atoms with E-state index in [1.54, 1.807) is 18.3 Å². The van der Waals surface area contributed by atoms with Gasteiger partial charge in [0.05, 0.1) is 25.4 Å². The second-order valence-corrected chi connectivity index (χ2v) is 5.11. The van der Waals surface area contributed by atoms with E-state index in [1.807, 2.05) is 13.8 Å². The second-order valence-electron chi connectivity index (χ2n) is 5.11. The maximum atomic E-state index is 12.1. The summed E-state index contributed by atoms with van der Waals surface area (Å²) >= 11 is 0. The molecule has 1 N–H and O–H groups in total. The maximum Gasteiger partial charge on any atom is 0.253 e. The van der Waals surface area contributed by atoms with Crippen molar-refractivity contribution in [1.29, 1.82) is 0 Å². The first-order chi connectivity index (χ1) is 10.2. The normalized spacial score (nSPS) is 17.2. The molecule has 1 atom stereocenters. The molecule has 1 aliphatic rings. The van der Waals surface area contributed by atoms with E-state index in [1.165, 1.54) is 0 Å². The zero-order chi connectivity index (χ0) is 15.1. The molecular weight excluding hydrogens is 270 g/mol. The highest BCUT2D eigenvalue weighted by Gasteiger charge is 2.16. The highest BCUT2D eigenvalue weighted by atomic mass is 16.5. The van der Waals surface area contributed by atoms with Crippen LogP contribution in [0.5, 0.6) is 5.88 Å². The average molecular weight is 293 g/mol. The van der Waals surface area contributed by atoms with Crippen LogP contribution >= 0.6 is 0 Å². The number of carbonyl (C=O) groups is 1. The van der Waals surface area contributed by atoms with Gasteiger partial charge in [-0.3, -0.25) is 9.69 Å². The first-order valence-electron chi connectivity index (χ1n) is 7.39. The molecule has 116 valence electrons. The van der Waals surface area contributed by atoms with Crippen molar-refractivity contribution in [3.05, 3.63) is 23.9 Å². The molecule has 6 nitrogen and oxygen atoms in total. The van der Waals surface area contributed by atoms with E-state index in [2.05, 4.69) is 15.2 Å². The minimum absolute atomic E-state index is 0.0853. The van der Waals surface area contributed by atoms with Crippen LogP contribution in [0.1, 0.15) is 24.2 Å². The lowest BCUT2D eigenvalue weighted by Gasteiger charge is -2.29. The average Bonchev–Trinajstić information content (AvgIpc) is 2.49. The number of nitrogens with zero attached hydrogens (tertiary/aromatic N) is 2. The number of nitrogens with one attached hydrogen (secondary N) is 1. The van der Waals surface area contributed by atoms with Gasteiger partial charge in [-0.15, -0.1) is 0 Å². The summed E-state index contributed by atoms with van der Waals surface area (Å²) in [5.74, 6) is 0.432. The molecule has 1 fully saturated rings. The van der Waals surface area contributed by atoms with Gasteiger partial charge in [-0.2, -0.15) is 0 Å². The number of rotatable bonds is 6. The molecule has 21 heavy (non-hydrogen) atoms. The Balaban J connectivity index is 1.82. The molecule has 1 saturated heterocycles. The molecule has 6 heteroatoms. The number of hydrogen-bond donors (Lipinski definition) is 1. The molecule has 0 aliphatic carbocycles. The smallest absolute Gasteiger partial charge is 0.253 e. The molecule has 0 saturated carbocycles. The first kappa shape index (κ1) is 15.7. The maximum absolute atomic E-state index is 12.1. The standard InChI is InChI=1S/C15H23N3O3/c1-3-21-14-5-4-13(10-16-14)15(19)17-12(2)11-18-6-8-20-9-7-18/h4-5,10,12H,3,6-9,11H2,1-2H3,(H,17,19). The van der Waals surface area contributed by atoms with Crippen molar-refractivity contribution in [2.45, 2.75) is 19.9 Å². The Labute approximate surface area is 125 Å². The van der Waals surface area contributed by atoms with Crippen molar-refractivity contribution in [3.8, 4) is 5.88 Å². The van der Waals surface area contributed by atoms with Crippen molar-refractivity contribution in [2.24, 2.45) is 0 Å². The predicted molar refractivity (Wildman–Crippen MR) is 79.6 cm³/mol. The van der Waals surface area contributed by atoms with E-state index < -0.39 is 0 Å². The number of aromatic nitrogens is 1. The lowest BCUT2D eigenvalue weighted by atomic mass is 10.2. The summed E-state index contributed by atoms with van der Waals surface area (Å²) in [5, 5.41) is 2.99. The van der Waals surface area contributed by atoms with Crippen LogP contribution in [0.3, 0.4) is 0 Å². The quantitative estimate of drug-likeness (QED) is 0.845. The molecule has 0 radical (unpaired) electrons. The third-order valence-corrected chi connectivity index (χ3v) is 3.30. The van der Waals surface area contributed by atoms with Gasteiger partial charge in [0.2, 0.25) is 5.88 Å².